The van der Waals surface area contributed by atoms with Crippen LogP contribution in [0.2, 0.25) is 0 Å². The van der Waals surface area contributed by atoms with E-state index in [1.54, 1.807) is 11.1 Å². The minimum Gasteiger partial charge on any atom is -0.330 e. The molecule has 0 amide bonds. The minimum atomic E-state index is 0.296. The van der Waals surface area contributed by atoms with E-state index in [0.29, 0.717) is 5.41 Å². The molecule has 1 heteroatoms. The van der Waals surface area contributed by atoms with E-state index in [1.807, 2.05) is 0 Å². The van der Waals surface area contributed by atoms with Crippen LogP contribution in [-0.2, 0) is 11.8 Å². The molecule has 1 aromatic rings. The summed E-state index contributed by atoms with van der Waals surface area (Å²) < 4.78 is 0. The lowest BCUT2D eigenvalue weighted by molar-refractivity contribution is 0.222. The maximum absolute atomic E-state index is 6.33. The number of fused-ring (bicyclic) bond motifs is 3. The van der Waals surface area contributed by atoms with Gasteiger partial charge in [-0.3, -0.25) is 0 Å². The van der Waals surface area contributed by atoms with Gasteiger partial charge in [-0.15, -0.1) is 0 Å². The van der Waals surface area contributed by atoms with E-state index >= 15 is 0 Å². The van der Waals surface area contributed by atoms with Crippen molar-refractivity contribution in [1.82, 2.24) is 0 Å². The van der Waals surface area contributed by atoms with Crippen LogP contribution in [0.3, 0.4) is 0 Å². The summed E-state index contributed by atoms with van der Waals surface area (Å²) in [5.41, 5.74) is 9.80. The van der Waals surface area contributed by atoms with Crippen molar-refractivity contribution in [3.05, 3.63) is 35.4 Å². The Morgan fingerprint density at radius 3 is 2.80 bits per heavy atom. The fourth-order valence-corrected chi connectivity index (χ4v) is 5.64. The second-order valence-electron chi connectivity index (χ2n) is 7.63. The zero-order chi connectivity index (χ0) is 13.6. The van der Waals surface area contributed by atoms with Gasteiger partial charge in [0.1, 0.15) is 0 Å². The van der Waals surface area contributed by atoms with E-state index in [-0.39, 0.29) is 0 Å². The van der Waals surface area contributed by atoms with Crippen LogP contribution in [0.1, 0.15) is 56.1 Å². The van der Waals surface area contributed by atoms with Crippen molar-refractivity contribution in [3.8, 4) is 0 Å². The van der Waals surface area contributed by atoms with Gasteiger partial charge < -0.3 is 5.73 Å². The fourth-order valence-electron chi connectivity index (χ4n) is 5.64. The Morgan fingerprint density at radius 2 is 2.05 bits per heavy atom. The van der Waals surface area contributed by atoms with Crippen LogP contribution < -0.4 is 5.73 Å². The first-order valence-electron chi connectivity index (χ1n) is 8.59. The number of nitrogens with two attached hydrogens (primary N) is 1. The molecule has 0 heterocycles. The van der Waals surface area contributed by atoms with Crippen LogP contribution in [0, 0.1) is 17.8 Å². The Bertz CT molecular complexity index is 494. The molecular weight excluding hydrogens is 242 g/mol. The highest BCUT2D eigenvalue weighted by Crippen LogP contribution is 2.53. The van der Waals surface area contributed by atoms with E-state index in [4.69, 9.17) is 5.73 Å². The lowest BCUT2D eigenvalue weighted by Gasteiger charge is -2.42. The monoisotopic (exact) mass is 269 g/mol. The van der Waals surface area contributed by atoms with E-state index in [9.17, 15) is 0 Å². The smallest absolute Gasteiger partial charge is 0.00811 e. The third-order valence-electron chi connectivity index (χ3n) is 6.62. The lowest BCUT2D eigenvalue weighted by atomic mass is 9.64. The molecule has 4 atom stereocenters. The number of hydrogen-bond donors (Lipinski definition) is 1. The molecule has 2 fully saturated rings. The Labute approximate surface area is 122 Å². The molecule has 3 aliphatic carbocycles. The molecule has 0 aliphatic heterocycles. The molecule has 4 unspecified atom stereocenters. The standard InChI is InChI=1S/C19H27N/c20-13-19(12-17-11-14-7-8-16(17)10-14)9-3-5-15-4-1-2-6-18(15)19/h1-2,4,6,14,16-17H,3,5,7-13,20H2. The first-order valence-corrected chi connectivity index (χ1v) is 8.59. The fraction of sp³-hybridized carbons (Fsp3) is 0.684. The van der Waals surface area contributed by atoms with Gasteiger partial charge in [0, 0.05) is 12.0 Å². The summed E-state index contributed by atoms with van der Waals surface area (Å²) >= 11 is 0. The molecule has 1 aromatic carbocycles. The molecule has 2 bridgehead atoms. The zero-order valence-corrected chi connectivity index (χ0v) is 12.5. The van der Waals surface area contributed by atoms with E-state index in [0.717, 1.165) is 24.3 Å². The first kappa shape index (κ1) is 12.9. The predicted molar refractivity (Wildman–Crippen MR) is 83.7 cm³/mol. The normalized spacial score (nSPS) is 39.0. The maximum atomic E-state index is 6.33. The van der Waals surface area contributed by atoms with Crippen molar-refractivity contribution in [2.45, 2.75) is 56.8 Å². The third-order valence-corrected chi connectivity index (χ3v) is 6.62. The summed E-state index contributed by atoms with van der Waals surface area (Å²) in [5, 5.41) is 0. The average Bonchev–Trinajstić information content (AvgIpc) is 3.10. The van der Waals surface area contributed by atoms with Gasteiger partial charge in [-0.1, -0.05) is 30.7 Å². The molecule has 0 spiro atoms. The van der Waals surface area contributed by atoms with Gasteiger partial charge in [-0.2, -0.15) is 0 Å². The SMILES string of the molecule is NCC1(CC2CC3CCC2C3)CCCc2ccccc21. The molecule has 2 saturated carbocycles. The summed E-state index contributed by atoms with van der Waals surface area (Å²) in [7, 11) is 0. The Morgan fingerprint density at radius 1 is 1.15 bits per heavy atom. The van der Waals surface area contributed by atoms with Crippen LogP contribution in [-0.4, -0.2) is 6.54 Å². The first-order chi connectivity index (χ1) is 9.81. The molecule has 0 aromatic heterocycles. The van der Waals surface area contributed by atoms with E-state index < -0.39 is 0 Å². The topological polar surface area (TPSA) is 26.0 Å². The number of benzene rings is 1. The van der Waals surface area contributed by atoms with Crippen LogP contribution in [0.5, 0.6) is 0 Å². The number of aryl methyl sites for hydroxylation is 1. The van der Waals surface area contributed by atoms with Crippen molar-refractivity contribution in [2.24, 2.45) is 23.5 Å². The van der Waals surface area contributed by atoms with Crippen molar-refractivity contribution in [1.29, 1.82) is 0 Å². The van der Waals surface area contributed by atoms with Crippen molar-refractivity contribution < 1.29 is 0 Å². The third kappa shape index (κ3) is 1.94. The van der Waals surface area contributed by atoms with Gasteiger partial charge in [-0.05, 0) is 73.8 Å². The van der Waals surface area contributed by atoms with E-state index in [1.165, 1.54) is 51.4 Å². The van der Waals surface area contributed by atoms with Gasteiger partial charge in [0.15, 0.2) is 0 Å². The minimum absolute atomic E-state index is 0.296. The number of hydrogen-bond acceptors (Lipinski definition) is 1. The highest BCUT2D eigenvalue weighted by molar-refractivity contribution is 5.37. The van der Waals surface area contributed by atoms with Crippen LogP contribution >= 0.6 is 0 Å². The van der Waals surface area contributed by atoms with Crippen LogP contribution in [0.25, 0.3) is 0 Å². The van der Waals surface area contributed by atoms with Gasteiger partial charge in [0.25, 0.3) is 0 Å². The molecule has 2 N–H and O–H groups in total. The summed E-state index contributed by atoms with van der Waals surface area (Å²) in [5.74, 6) is 3.04. The maximum Gasteiger partial charge on any atom is 0.00811 e. The quantitative estimate of drug-likeness (QED) is 0.880. The van der Waals surface area contributed by atoms with Crippen molar-refractivity contribution in [3.63, 3.8) is 0 Å². The Balaban J connectivity index is 1.64. The second-order valence-corrected chi connectivity index (χ2v) is 7.63. The molecular formula is C19H27N. The lowest BCUT2D eigenvalue weighted by Crippen LogP contribution is -2.41. The van der Waals surface area contributed by atoms with Crippen LogP contribution in [0.4, 0.5) is 0 Å². The zero-order valence-electron chi connectivity index (χ0n) is 12.5. The van der Waals surface area contributed by atoms with Crippen LogP contribution in [0.15, 0.2) is 24.3 Å². The molecule has 108 valence electrons. The molecule has 3 aliphatic rings. The van der Waals surface area contributed by atoms with Gasteiger partial charge in [-0.25, -0.2) is 0 Å². The van der Waals surface area contributed by atoms with E-state index in [2.05, 4.69) is 24.3 Å². The highest BCUT2D eigenvalue weighted by atomic mass is 14.6. The summed E-state index contributed by atoms with van der Waals surface area (Å²) in [4.78, 5) is 0. The largest absolute Gasteiger partial charge is 0.330 e. The molecule has 0 saturated heterocycles. The van der Waals surface area contributed by atoms with Gasteiger partial charge in [0.05, 0.1) is 0 Å². The second kappa shape index (κ2) is 4.87. The molecule has 4 rings (SSSR count). The number of rotatable bonds is 3. The van der Waals surface area contributed by atoms with Crippen molar-refractivity contribution in [2.75, 3.05) is 6.54 Å². The molecule has 0 radical (unpaired) electrons. The van der Waals surface area contributed by atoms with Gasteiger partial charge in [0.2, 0.25) is 0 Å². The molecule has 20 heavy (non-hydrogen) atoms. The predicted octanol–water partition coefficient (Wildman–Crippen LogP) is 4.05. The summed E-state index contributed by atoms with van der Waals surface area (Å²) in [6, 6.07) is 9.12. The van der Waals surface area contributed by atoms with Crippen molar-refractivity contribution >= 4 is 0 Å². The summed E-state index contributed by atoms with van der Waals surface area (Å²) in [6.45, 7) is 0.845. The van der Waals surface area contributed by atoms with Gasteiger partial charge >= 0.3 is 0 Å². The Hall–Kier alpha value is -0.820. The molecule has 1 nitrogen and oxygen atoms in total. The average molecular weight is 269 g/mol. The Kier molecular flexibility index (Phi) is 3.14. The highest BCUT2D eigenvalue weighted by Gasteiger charge is 2.45. The summed E-state index contributed by atoms with van der Waals surface area (Å²) in [6.07, 6.45) is 11.3.